The summed E-state index contributed by atoms with van der Waals surface area (Å²) >= 11 is 0. The van der Waals surface area contributed by atoms with Crippen LogP contribution in [0, 0.1) is 0 Å². The van der Waals surface area contributed by atoms with E-state index in [0.717, 1.165) is 6.04 Å². The maximum atomic E-state index is 3.34. The van der Waals surface area contributed by atoms with E-state index in [2.05, 4.69) is 35.9 Å². The van der Waals surface area contributed by atoms with Crippen molar-refractivity contribution in [1.29, 1.82) is 0 Å². The first-order chi connectivity index (χ1) is 6.57. The number of piperazine rings is 1. The molecule has 0 saturated carbocycles. The Morgan fingerprint density at radius 2 is 1.57 bits per heavy atom. The average Bonchev–Trinajstić information content (AvgIpc) is 2.00. The van der Waals surface area contributed by atoms with Gasteiger partial charge in [0.25, 0.3) is 0 Å². The molecule has 2 heterocycles. The third-order valence-electron chi connectivity index (χ3n) is 3.54. The van der Waals surface area contributed by atoms with Gasteiger partial charge in [-0.25, -0.2) is 0 Å². The summed E-state index contributed by atoms with van der Waals surface area (Å²) < 4.78 is 0. The Labute approximate surface area is 87.4 Å². The quantitative estimate of drug-likeness (QED) is 0.655. The third-order valence-corrected chi connectivity index (χ3v) is 3.54. The van der Waals surface area contributed by atoms with Crippen LogP contribution in [0.4, 0.5) is 0 Å². The molecule has 0 unspecified atom stereocenters. The van der Waals surface area contributed by atoms with E-state index in [0.29, 0.717) is 5.54 Å². The van der Waals surface area contributed by atoms with Gasteiger partial charge in [0, 0.05) is 50.8 Å². The zero-order valence-electron chi connectivity index (χ0n) is 9.71. The maximum absolute atomic E-state index is 3.34. The molecule has 0 aromatic rings. The molecule has 0 aromatic heterocycles. The molecule has 1 N–H and O–H groups in total. The highest BCUT2D eigenvalue weighted by Gasteiger charge is 2.30. The second kappa shape index (κ2) is 3.80. The van der Waals surface area contributed by atoms with Gasteiger partial charge in [-0.3, -0.25) is 9.80 Å². The second-order valence-electron chi connectivity index (χ2n) is 5.51. The van der Waals surface area contributed by atoms with Crippen molar-refractivity contribution in [2.24, 2.45) is 0 Å². The first kappa shape index (κ1) is 10.4. The van der Waals surface area contributed by atoms with Crippen molar-refractivity contribution in [2.45, 2.75) is 32.4 Å². The molecule has 2 aliphatic heterocycles. The topological polar surface area (TPSA) is 18.5 Å². The minimum atomic E-state index is 0.351. The summed E-state index contributed by atoms with van der Waals surface area (Å²) in [7, 11) is 0. The molecule has 3 nitrogen and oxygen atoms in total. The van der Waals surface area contributed by atoms with Crippen molar-refractivity contribution >= 4 is 0 Å². The molecule has 0 bridgehead atoms. The van der Waals surface area contributed by atoms with Gasteiger partial charge in [-0.1, -0.05) is 0 Å². The molecule has 14 heavy (non-hydrogen) atoms. The van der Waals surface area contributed by atoms with E-state index in [1.807, 2.05) is 0 Å². The highest BCUT2D eigenvalue weighted by molar-refractivity contribution is 4.89. The van der Waals surface area contributed by atoms with E-state index in [1.54, 1.807) is 0 Å². The monoisotopic (exact) mass is 197 g/mol. The molecule has 3 heteroatoms. The third kappa shape index (κ3) is 2.10. The van der Waals surface area contributed by atoms with Crippen LogP contribution in [0.5, 0.6) is 0 Å². The van der Waals surface area contributed by atoms with Gasteiger partial charge in [-0.2, -0.15) is 0 Å². The molecule has 0 spiro atoms. The Balaban J connectivity index is 1.80. The maximum Gasteiger partial charge on any atom is 0.0346 e. The molecular weight excluding hydrogens is 174 g/mol. The lowest BCUT2D eigenvalue weighted by Gasteiger charge is -2.46. The highest BCUT2D eigenvalue weighted by Crippen LogP contribution is 2.17. The summed E-state index contributed by atoms with van der Waals surface area (Å²) in [5.74, 6) is 0. The Morgan fingerprint density at radius 1 is 1.00 bits per heavy atom. The van der Waals surface area contributed by atoms with Crippen LogP contribution >= 0.6 is 0 Å². The van der Waals surface area contributed by atoms with Crippen LogP contribution in [-0.2, 0) is 0 Å². The summed E-state index contributed by atoms with van der Waals surface area (Å²) in [6.45, 7) is 14.3. The van der Waals surface area contributed by atoms with Gasteiger partial charge in [0.2, 0.25) is 0 Å². The van der Waals surface area contributed by atoms with E-state index < -0.39 is 0 Å². The molecule has 0 amide bonds. The van der Waals surface area contributed by atoms with Crippen molar-refractivity contribution < 1.29 is 0 Å². The SMILES string of the molecule is CC(C)(C)N1CCN(C2CNC2)CC1. The van der Waals surface area contributed by atoms with E-state index in [-0.39, 0.29) is 0 Å². The van der Waals surface area contributed by atoms with E-state index in [4.69, 9.17) is 0 Å². The largest absolute Gasteiger partial charge is 0.314 e. The molecule has 2 fully saturated rings. The number of nitrogens with one attached hydrogen (secondary N) is 1. The molecule has 2 aliphatic rings. The Hall–Kier alpha value is -0.120. The number of rotatable bonds is 1. The van der Waals surface area contributed by atoms with E-state index >= 15 is 0 Å². The van der Waals surface area contributed by atoms with Crippen LogP contribution in [0.3, 0.4) is 0 Å². The van der Waals surface area contributed by atoms with Gasteiger partial charge in [0.1, 0.15) is 0 Å². The van der Waals surface area contributed by atoms with Gasteiger partial charge < -0.3 is 5.32 Å². The van der Waals surface area contributed by atoms with Crippen LogP contribution in [0.1, 0.15) is 20.8 Å². The van der Waals surface area contributed by atoms with Crippen molar-refractivity contribution in [3.63, 3.8) is 0 Å². The van der Waals surface area contributed by atoms with Crippen molar-refractivity contribution in [1.82, 2.24) is 15.1 Å². The van der Waals surface area contributed by atoms with Gasteiger partial charge >= 0.3 is 0 Å². The molecule has 0 atom stereocenters. The summed E-state index contributed by atoms with van der Waals surface area (Å²) in [6.07, 6.45) is 0. The molecule has 0 aliphatic carbocycles. The average molecular weight is 197 g/mol. The van der Waals surface area contributed by atoms with Crippen molar-refractivity contribution in [3.8, 4) is 0 Å². The van der Waals surface area contributed by atoms with Crippen molar-refractivity contribution in [3.05, 3.63) is 0 Å². The Morgan fingerprint density at radius 3 is 1.93 bits per heavy atom. The fraction of sp³-hybridized carbons (Fsp3) is 1.00. The molecule has 2 saturated heterocycles. The molecule has 0 radical (unpaired) electrons. The predicted octanol–water partition coefficient (Wildman–Crippen LogP) is 0.374. The fourth-order valence-electron chi connectivity index (χ4n) is 2.29. The van der Waals surface area contributed by atoms with Crippen LogP contribution in [0.25, 0.3) is 0 Å². The highest BCUT2D eigenvalue weighted by atomic mass is 15.3. The van der Waals surface area contributed by atoms with Gasteiger partial charge in [0.05, 0.1) is 0 Å². The number of nitrogens with zero attached hydrogens (tertiary/aromatic N) is 2. The van der Waals surface area contributed by atoms with Gasteiger partial charge in [-0.05, 0) is 20.8 Å². The summed E-state index contributed by atoms with van der Waals surface area (Å²) in [5.41, 5.74) is 0.351. The van der Waals surface area contributed by atoms with Gasteiger partial charge in [0.15, 0.2) is 0 Å². The van der Waals surface area contributed by atoms with Crippen LogP contribution in [0.2, 0.25) is 0 Å². The zero-order valence-corrected chi connectivity index (χ0v) is 9.71. The first-order valence-electron chi connectivity index (χ1n) is 5.77. The molecule has 0 aromatic carbocycles. The second-order valence-corrected chi connectivity index (χ2v) is 5.51. The zero-order chi connectivity index (χ0) is 10.2. The minimum Gasteiger partial charge on any atom is -0.314 e. The molecule has 82 valence electrons. The summed E-state index contributed by atoms with van der Waals surface area (Å²) in [6, 6.07) is 0.831. The minimum absolute atomic E-state index is 0.351. The Bertz CT molecular complexity index is 185. The lowest BCUT2D eigenvalue weighted by Crippen LogP contribution is -2.63. The predicted molar refractivity (Wildman–Crippen MR) is 59.6 cm³/mol. The van der Waals surface area contributed by atoms with Crippen LogP contribution < -0.4 is 5.32 Å². The number of hydrogen-bond acceptors (Lipinski definition) is 3. The summed E-state index contributed by atoms with van der Waals surface area (Å²) in [4.78, 5) is 5.23. The standard InChI is InChI=1S/C11H23N3/c1-11(2,3)14-6-4-13(5-7-14)10-8-12-9-10/h10,12H,4-9H2,1-3H3. The van der Waals surface area contributed by atoms with Crippen LogP contribution in [0.15, 0.2) is 0 Å². The first-order valence-corrected chi connectivity index (χ1v) is 5.77. The van der Waals surface area contributed by atoms with Crippen LogP contribution in [-0.4, -0.2) is 60.6 Å². The summed E-state index contributed by atoms with van der Waals surface area (Å²) in [5, 5.41) is 3.34. The number of hydrogen-bond donors (Lipinski definition) is 1. The lowest BCUT2D eigenvalue weighted by atomic mass is 10.0. The Kier molecular flexibility index (Phi) is 2.82. The fourth-order valence-corrected chi connectivity index (χ4v) is 2.29. The normalized spacial score (nSPS) is 27.6. The van der Waals surface area contributed by atoms with Gasteiger partial charge in [-0.15, -0.1) is 0 Å². The van der Waals surface area contributed by atoms with E-state index in [9.17, 15) is 0 Å². The van der Waals surface area contributed by atoms with Crippen molar-refractivity contribution in [2.75, 3.05) is 39.3 Å². The molecule has 2 rings (SSSR count). The molecular formula is C11H23N3. The lowest BCUT2D eigenvalue weighted by molar-refractivity contribution is 0.0296. The van der Waals surface area contributed by atoms with E-state index in [1.165, 1.54) is 39.3 Å². The smallest absolute Gasteiger partial charge is 0.0346 e.